The monoisotopic (exact) mass is 194 g/mol. The normalized spacial score (nSPS) is 15.1. The van der Waals surface area contributed by atoms with Gasteiger partial charge in [0, 0.05) is 0 Å². The fourth-order valence-corrected chi connectivity index (χ4v) is 1.55. The second kappa shape index (κ2) is 5.13. The molecule has 0 aliphatic carbocycles. The summed E-state index contributed by atoms with van der Waals surface area (Å²) in [5, 5.41) is 8.97. The van der Waals surface area contributed by atoms with Gasteiger partial charge in [-0.1, -0.05) is 50.1 Å². The van der Waals surface area contributed by atoms with E-state index < -0.39 is 5.60 Å². The highest BCUT2D eigenvalue weighted by molar-refractivity contribution is 5.21. The third kappa shape index (κ3) is 2.56. The summed E-state index contributed by atoms with van der Waals surface area (Å²) in [6.07, 6.45) is 2.99. The van der Waals surface area contributed by atoms with E-state index in [0.717, 1.165) is 24.8 Å². The van der Waals surface area contributed by atoms with Gasteiger partial charge in [-0.25, -0.2) is 4.89 Å². The van der Waals surface area contributed by atoms with Crippen LogP contribution in [0.2, 0.25) is 0 Å². The van der Waals surface area contributed by atoms with Crippen LogP contribution in [0.5, 0.6) is 0 Å². The van der Waals surface area contributed by atoms with Crippen LogP contribution in [0.25, 0.3) is 0 Å². The molecule has 0 unspecified atom stereocenters. The molecule has 0 fully saturated rings. The largest absolute Gasteiger partial charge is 0.251 e. The molecule has 1 atom stereocenters. The molecule has 14 heavy (non-hydrogen) atoms. The Balaban J connectivity index is 2.79. The Morgan fingerprint density at radius 1 is 1.29 bits per heavy atom. The van der Waals surface area contributed by atoms with Crippen molar-refractivity contribution in [3.8, 4) is 0 Å². The Hall–Kier alpha value is -0.860. The van der Waals surface area contributed by atoms with Gasteiger partial charge in [0.2, 0.25) is 0 Å². The van der Waals surface area contributed by atoms with Crippen molar-refractivity contribution >= 4 is 0 Å². The molecule has 0 heterocycles. The molecule has 0 aromatic heterocycles. The number of benzene rings is 1. The predicted octanol–water partition coefficient (Wildman–Crippen LogP) is 3.58. The van der Waals surface area contributed by atoms with E-state index in [4.69, 9.17) is 5.26 Å². The first-order chi connectivity index (χ1) is 6.73. The smallest absolute Gasteiger partial charge is 0.125 e. The first-order valence-corrected chi connectivity index (χ1v) is 5.11. The molecule has 1 aromatic rings. The maximum Gasteiger partial charge on any atom is 0.125 e. The molecule has 0 amide bonds. The van der Waals surface area contributed by atoms with Gasteiger partial charge in [-0.3, -0.25) is 5.26 Å². The van der Waals surface area contributed by atoms with Gasteiger partial charge in [0.05, 0.1) is 0 Å². The maximum absolute atomic E-state index is 8.97. The van der Waals surface area contributed by atoms with Crippen LogP contribution < -0.4 is 0 Å². The molecular weight excluding hydrogens is 176 g/mol. The lowest BCUT2D eigenvalue weighted by Gasteiger charge is -2.26. The average Bonchev–Trinajstić information content (AvgIpc) is 2.27. The van der Waals surface area contributed by atoms with Crippen molar-refractivity contribution in [2.45, 2.75) is 38.7 Å². The van der Waals surface area contributed by atoms with Gasteiger partial charge in [0.1, 0.15) is 5.60 Å². The summed E-state index contributed by atoms with van der Waals surface area (Å²) in [7, 11) is 0. The lowest BCUT2D eigenvalue weighted by Crippen LogP contribution is -2.24. The topological polar surface area (TPSA) is 29.5 Å². The molecule has 0 aliphatic rings. The maximum atomic E-state index is 8.97. The minimum atomic E-state index is -0.558. The molecule has 0 saturated carbocycles. The summed E-state index contributed by atoms with van der Waals surface area (Å²) in [5.74, 6) is 0. The van der Waals surface area contributed by atoms with E-state index in [0.29, 0.717) is 0 Å². The molecule has 1 aromatic carbocycles. The number of unbranched alkanes of at least 4 members (excludes halogenated alkanes) is 1. The van der Waals surface area contributed by atoms with Gasteiger partial charge < -0.3 is 0 Å². The molecular formula is C12H18O2. The highest BCUT2D eigenvalue weighted by Crippen LogP contribution is 2.29. The van der Waals surface area contributed by atoms with E-state index in [9.17, 15) is 0 Å². The van der Waals surface area contributed by atoms with Crippen LogP contribution in [-0.2, 0) is 10.5 Å². The molecule has 0 spiro atoms. The van der Waals surface area contributed by atoms with Crippen LogP contribution in [0.1, 0.15) is 38.7 Å². The van der Waals surface area contributed by atoms with Crippen molar-refractivity contribution in [2.75, 3.05) is 0 Å². The third-order valence-corrected chi connectivity index (χ3v) is 2.59. The molecule has 2 nitrogen and oxygen atoms in total. The molecule has 1 rings (SSSR count). The van der Waals surface area contributed by atoms with Crippen LogP contribution in [0.4, 0.5) is 0 Å². The highest BCUT2D eigenvalue weighted by atomic mass is 17.1. The average molecular weight is 194 g/mol. The lowest BCUT2D eigenvalue weighted by atomic mass is 9.91. The third-order valence-electron chi connectivity index (χ3n) is 2.59. The van der Waals surface area contributed by atoms with Crippen LogP contribution in [0.15, 0.2) is 30.3 Å². The van der Waals surface area contributed by atoms with E-state index in [1.54, 1.807) is 0 Å². The summed E-state index contributed by atoms with van der Waals surface area (Å²) < 4.78 is 0. The SMILES string of the molecule is CCCC[C@@](C)(OO)c1ccccc1. The zero-order valence-corrected chi connectivity index (χ0v) is 8.86. The summed E-state index contributed by atoms with van der Waals surface area (Å²) in [6.45, 7) is 4.04. The number of hydrogen-bond donors (Lipinski definition) is 1. The standard InChI is InChI=1S/C12H18O2/c1-3-4-10-12(2,14-13)11-8-6-5-7-9-11/h5-9,13H,3-4,10H2,1-2H3/t12-/m1/s1. The van der Waals surface area contributed by atoms with E-state index >= 15 is 0 Å². The van der Waals surface area contributed by atoms with Gasteiger partial charge in [-0.15, -0.1) is 0 Å². The highest BCUT2D eigenvalue weighted by Gasteiger charge is 2.26. The summed E-state index contributed by atoms with van der Waals surface area (Å²) in [4.78, 5) is 4.63. The second-order valence-electron chi connectivity index (χ2n) is 3.79. The Morgan fingerprint density at radius 3 is 2.43 bits per heavy atom. The van der Waals surface area contributed by atoms with E-state index in [-0.39, 0.29) is 0 Å². The molecule has 2 heteroatoms. The molecule has 0 saturated heterocycles. The molecule has 0 aliphatic heterocycles. The van der Waals surface area contributed by atoms with Crippen molar-refractivity contribution in [3.63, 3.8) is 0 Å². The van der Waals surface area contributed by atoms with Crippen molar-refractivity contribution in [3.05, 3.63) is 35.9 Å². The fourth-order valence-electron chi connectivity index (χ4n) is 1.55. The molecule has 78 valence electrons. The zero-order valence-electron chi connectivity index (χ0n) is 8.86. The quantitative estimate of drug-likeness (QED) is 0.573. The fraction of sp³-hybridized carbons (Fsp3) is 0.500. The van der Waals surface area contributed by atoms with Gasteiger partial charge in [-0.05, 0) is 18.9 Å². The summed E-state index contributed by atoms with van der Waals surface area (Å²) in [5.41, 5.74) is 0.466. The van der Waals surface area contributed by atoms with Gasteiger partial charge in [-0.2, -0.15) is 0 Å². The summed E-state index contributed by atoms with van der Waals surface area (Å²) in [6, 6.07) is 9.83. The Labute approximate surface area is 85.5 Å². The van der Waals surface area contributed by atoms with Crippen molar-refractivity contribution in [1.82, 2.24) is 0 Å². The van der Waals surface area contributed by atoms with Crippen LogP contribution in [-0.4, -0.2) is 5.26 Å². The predicted molar refractivity (Wildman–Crippen MR) is 57.0 cm³/mol. The zero-order chi connectivity index (χ0) is 10.4. The van der Waals surface area contributed by atoms with E-state index in [2.05, 4.69) is 11.8 Å². The Bertz CT molecular complexity index is 258. The minimum Gasteiger partial charge on any atom is -0.251 e. The van der Waals surface area contributed by atoms with E-state index in [1.165, 1.54) is 0 Å². The van der Waals surface area contributed by atoms with Gasteiger partial charge >= 0.3 is 0 Å². The van der Waals surface area contributed by atoms with Crippen molar-refractivity contribution in [2.24, 2.45) is 0 Å². The number of hydrogen-bond acceptors (Lipinski definition) is 2. The second-order valence-corrected chi connectivity index (χ2v) is 3.79. The first-order valence-electron chi connectivity index (χ1n) is 5.11. The van der Waals surface area contributed by atoms with Crippen molar-refractivity contribution < 1.29 is 10.1 Å². The van der Waals surface area contributed by atoms with Crippen molar-refractivity contribution in [1.29, 1.82) is 0 Å². The lowest BCUT2D eigenvalue weighted by molar-refractivity contribution is -0.326. The number of rotatable bonds is 5. The molecule has 0 radical (unpaired) electrons. The minimum absolute atomic E-state index is 0.558. The van der Waals surface area contributed by atoms with Gasteiger partial charge in [0.25, 0.3) is 0 Å². The Morgan fingerprint density at radius 2 is 1.93 bits per heavy atom. The molecule has 1 N–H and O–H groups in total. The van der Waals surface area contributed by atoms with Crippen LogP contribution >= 0.6 is 0 Å². The summed E-state index contributed by atoms with van der Waals surface area (Å²) >= 11 is 0. The molecule has 0 bridgehead atoms. The van der Waals surface area contributed by atoms with Crippen LogP contribution in [0, 0.1) is 0 Å². The van der Waals surface area contributed by atoms with Gasteiger partial charge in [0.15, 0.2) is 0 Å². The van der Waals surface area contributed by atoms with Crippen LogP contribution in [0.3, 0.4) is 0 Å². The first kappa shape index (κ1) is 11.2. The Kier molecular flexibility index (Phi) is 4.11. The van der Waals surface area contributed by atoms with E-state index in [1.807, 2.05) is 37.3 Å².